The lowest BCUT2D eigenvalue weighted by Crippen LogP contribution is -2.28. The Bertz CT molecular complexity index is 375. The lowest BCUT2D eigenvalue weighted by atomic mass is 10.1. The molecule has 1 rings (SSSR count). The number of rotatable bonds is 8. The summed E-state index contributed by atoms with van der Waals surface area (Å²) in [5.74, 6) is 0. The van der Waals surface area contributed by atoms with Crippen molar-refractivity contribution in [3.05, 3.63) is 42.0 Å². The smallest absolute Gasteiger partial charge is 0.186 e. The van der Waals surface area contributed by atoms with Gasteiger partial charge in [-0.2, -0.15) is 0 Å². The van der Waals surface area contributed by atoms with E-state index in [2.05, 4.69) is 31.8 Å². The number of benzene rings is 1. The van der Waals surface area contributed by atoms with E-state index < -0.39 is 8.32 Å². The summed E-state index contributed by atoms with van der Waals surface area (Å²) >= 11 is 0. The maximum absolute atomic E-state index is 5.69. The topological polar surface area (TPSA) is 18.5 Å². The standard InChI is InChI=1S/C15H24O2Si/c1-5-14-8-6-9-15(12-14)13-17-10-7-11-18(3,4)16-2/h5-6,8-9,12H,1,7,10-11,13H2,2-4H3. The van der Waals surface area contributed by atoms with Gasteiger partial charge in [0.05, 0.1) is 6.61 Å². The molecule has 0 aliphatic heterocycles. The van der Waals surface area contributed by atoms with Gasteiger partial charge in [-0.05, 0) is 42.8 Å². The third-order valence-corrected chi connectivity index (χ3v) is 5.74. The molecule has 0 spiro atoms. The molecule has 0 amide bonds. The van der Waals surface area contributed by atoms with E-state index in [0.717, 1.165) is 24.6 Å². The molecule has 0 unspecified atom stereocenters. The van der Waals surface area contributed by atoms with Crippen LogP contribution in [0.15, 0.2) is 30.8 Å². The van der Waals surface area contributed by atoms with Gasteiger partial charge in [0.25, 0.3) is 0 Å². The van der Waals surface area contributed by atoms with E-state index >= 15 is 0 Å². The largest absolute Gasteiger partial charge is 0.420 e. The second kappa shape index (κ2) is 7.51. The first kappa shape index (κ1) is 15.2. The molecule has 0 aliphatic carbocycles. The van der Waals surface area contributed by atoms with Crippen LogP contribution in [0.25, 0.3) is 6.08 Å². The predicted molar refractivity (Wildman–Crippen MR) is 80.1 cm³/mol. The van der Waals surface area contributed by atoms with Gasteiger partial charge in [-0.3, -0.25) is 0 Å². The Balaban J connectivity index is 2.23. The van der Waals surface area contributed by atoms with Crippen LogP contribution in [0.2, 0.25) is 19.1 Å². The maximum atomic E-state index is 5.69. The highest BCUT2D eigenvalue weighted by atomic mass is 28.4. The Labute approximate surface area is 112 Å². The zero-order chi connectivity index (χ0) is 13.4. The van der Waals surface area contributed by atoms with E-state index in [1.54, 1.807) is 0 Å². The zero-order valence-corrected chi connectivity index (χ0v) is 12.7. The van der Waals surface area contributed by atoms with Gasteiger partial charge >= 0.3 is 0 Å². The second-order valence-corrected chi connectivity index (χ2v) is 9.50. The molecule has 3 heteroatoms. The van der Waals surface area contributed by atoms with Crippen molar-refractivity contribution in [1.29, 1.82) is 0 Å². The summed E-state index contributed by atoms with van der Waals surface area (Å²) in [5, 5.41) is 0. The highest BCUT2D eigenvalue weighted by molar-refractivity contribution is 6.71. The highest BCUT2D eigenvalue weighted by Crippen LogP contribution is 2.13. The first-order valence-corrected chi connectivity index (χ1v) is 9.53. The maximum Gasteiger partial charge on any atom is 0.186 e. The molecule has 0 saturated carbocycles. The summed E-state index contributed by atoms with van der Waals surface area (Å²) in [4.78, 5) is 0. The van der Waals surface area contributed by atoms with Gasteiger partial charge in [0, 0.05) is 13.7 Å². The van der Waals surface area contributed by atoms with Crippen LogP contribution >= 0.6 is 0 Å². The molecule has 0 heterocycles. The van der Waals surface area contributed by atoms with Crippen molar-refractivity contribution in [2.45, 2.75) is 32.2 Å². The molecule has 100 valence electrons. The summed E-state index contributed by atoms with van der Waals surface area (Å²) in [6, 6.07) is 9.43. The third-order valence-electron chi connectivity index (χ3n) is 3.08. The predicted octanol–water partition coefficient (Wildman–Crippen LogP) is 4.09. The number of ether oxygens (including phenoxy) is 1. The molecular formula is C15H24O2Si. The molecule has 1 aromatic carbocycles. The van der Waals surface area contributed by atoms with Crippen molar-refractivity contribution in [2.75, 3.05) is 13.7 Å². The lowest BCUT2D eigenvalue weighted by Gasteiger charge is -2.19. The average Bonchev–Trinajstić information content (AvgIpc) is 2.38. The zero-order valence-electron chi connectivity index (χ0n) is 11.7. The Morgan fingerprint density at radius 3 is 2.78 bits per heavy atom. The van der Waals surface area contributed by atoms with Gasteiger partial charge in [-0.15, -0.1) is 0 Å². The molecule has 0 radical (unpaired) electrons. The Hall–Kier alpha value is -0.903. The molecule has 18 heavy (non-hydrogen) atoms. The SMILES string of the molecule is C=Cc1cccc(COCCC[Si](C)(C)OC)c1. The van der Waals surface area contributed by atoms with Gasteiger partial charge in [-0.25, -0.2) is 0 Å². The van der Waals surface area contributed by atoms with Crippen LogP contribution in [0.4, 0.5) is 0 Å². The van der Waals surface area contributed by atoms with E-state index in [4.69, 9.17) is 9.16 Å². The van der Waals surface area contributed by atoms with Gasteiger partial charge in [-0.1, -0.05) is 30.9 Å². The van der Waals surface area contributed by atoms with Crippen LogP contribution in [-0.2, 0) is 15.8 Å². The average molecular weight is 264 g/mol. The third kappa shape index (κ3) is 5.62. The molecule has 0 aromatic heterocycles. The van der Waals surface area contributed by atoms with Crippen molar-refractivity contribution in [3.63, 3.8) is 0 Å². The lowest BCUT2D eigenvalue weighted by molar-refractivity contribution is 0.120. The fourth-order valence-electron chi connectivity index (χ4n) is 1.70. The first-order chi connectivity index (χ1) is 8.57. The monoisotopic (exact) mass is 264 g/mol. The molecule has 0 bridgehead atoms. The summed E-state index contributed by atoms with van der Waals surface area (Å²) in [6.07, 6.45) is 2.93. The van der Waals surface area contributed by atoms with Crippen LogP contribution in [-0.4, -0.2) is 22.0 Å². The van der Waals surface area contributed by atoms with E-state index in [9.17, 15) is 0 Å². The van der Waals surface area contributed by atoms with Crippen molar-refractivity contribution in [3.8, 4) is 0 Å². The summed E-state index contributed by atoms with van der Waals surface area (Å²) in [6.45, 7) is 9.72. The van der Waals surface area contributed by atoms with E-state index in [1.807, 2.05) is 25.3 Å². The van der Waals surface area contributed by atoms with Crippen molar-refractivity contribution in [1.82, 2.24) is 0 Å². The summed E-state index contributed by atoms with van der Waals surface area (Å²) < 4.78 is 11.2. The molecule has 0 N–H and O–H groups in total. The number of hydrogen-bond donors (Lipinski definition) is 0. The van der Waals surface area contributed by atoms with Crippen LogP contribution < -0.4 is 0 Å². The number of hydrogen-bond acceptors (Lipinski definition) is 2. The molecular weight excluding hydrogens is 240 g/mol. The molecule has 0 aliphatic rings. The van der Waals surface area contributed by atoms with Crippen LogP contribution in [0, 0.1) is 0 Å². The normalized spacial score (nSPS) is 11.5. The van der Waals surface area contributed by atoms with E-state index in [1.165, 1.54) is 5.56 Å². The van der Waals surface area contributed by atoms with Crippen LogP contribution in [0.3, 0.4) is 0 Å². The Morgan fingerprint density at radius 2 is 2.11 bits per heavy atom. The van der Waals surface area contributed by atoms with Crippen molar-refractivity contribution < 1.29 is 9.16 Å². The minimum absolute atomic E-state index is 0.677. The molecule has 0 fully saturated rings. The fraction of sp³-hybridized carbons (Fsp3) is 0.467. The summed E-state index contributed by atoms with van der Waals surface area (Å²) in [5.41, 5.74) is 2.35. The fourth-order valence-corrected chi connectivity index (χ4v) is 2.90. The van der Waals surface area contributed by atoms with Crippen LogP contribution in [0.1, 0.15) is 17.5 Å². The minimum atomic E-state index is -1.41. The van der Waals surface area contributed by atoms with Gasteiger partial charge in [0.1, 0.15) is 0 Å². The Kier molecular flexibility index (Phi) is 6.33. The highest BCUT2D eigenvalue weighted by Gasteiger charge is 2.19. The van der Waals surface area contributed by atoms with Gasteiger partial charge in [0.15, 0.2) is 8.32 Å². The summed E-state index contributed by atoms with van der Waals surface area (Å²) in [7, 11) is 0.399. The van der Waals surface area contributed by atoms with Gasteiger partial charge < -0.3 is 9.16 Å². The first-order valence-electron chi connectivity index (χ1n) is 6.42. The molecule has 0 atom stereocenters. The van der Waals surface area contributed by atoms with Crippen LogP contribution in [0.5, 0.6) is 0 Å². The molecule has 1 aromatic rings. The van der Waals surface area contributed by atoms with Crippen molar-refractivity contribution in [2.24, 2.45) is 0 Å². The Morgan fingerprint density at radius 1 is 1.33 bits per heavy atom. The minimum Gasteiger partial charge on any atom is -0.420 e. The quantitative estimate of drug-likeness (QED) is 0.520. The van der Waals surface area contributed by atoms with E-state index in [-0.39, 0.29) is 0 Å². The van der Waals surface area contributed by atoms with Crippen molar-refractivity contribution >= 4 is 14.4 Å². The van der Waals surface area contributed by atoms with E-state index in [0.29, 0.717) is 6.61 Å². The molecule has 0 saturated heterocycles. The molecule has 2 nitrogen and oxygen atoms in total. The second-order valence-electron chi connectivity index (χ2n) is 5.07. The van der Waals surface area contributed by atoms with Gasteiger partial charge in [0.2, 0.25) is 0 Å².